The Morgan fingerprint density at radius 1 is 1.00 bits per heavy atom. The summed E-state index contributed by atoms with van der Waals surface area (Å²) < 4.78 is 5.84. The zero-order valence-corrected chi connectivity index (χ0v) is 13.7. The van der Waals surface area contributed by atoms with Gasteiger partial charge in [-0.15, -0.1) is 0 Å². The van der Waals surface area contributed by atoms with Crippen molar-refractivity contribution in [1.29, 1.82) is 0 Å². The molecule has 3 rings (SSSR count). The highest BCUT2D eigenvalue weighted by Crippen LogP contribution is 2.21. The maximum atomic E-state index is 12.6. The van der Waals surface area contributed by atoms with Gasteiger partial charge in [-0.2, -0.15) is 0 Å². The van der Waals surface area contributed by atoms with Crippen molar-refractivity contribution in [2.45, 2.75) is 39.0 Å². The van der Waals surface area contributed by atoms with Crippen LogP contribution in [0.1, 0.15) is 48.5 Å². The molecule has 0 amide bonds. The summed E-state index contributed by atoms with van der Waals surface area (Å²) in [5, 5.41) is 9.86. The second kappa shape index (κ2) is 6.87. The van der Waals surface area contributed by atoms with Crippen LogP contribution in [0.2, 0.25) is 0 Å². The molecular formula is C20H20O4. The van der Waals surface area contributed by atoms with Gasteiger partial charge in [0.25, 0.3) is 0 Å². The van der Waals surface area contributed by atoms with Crippen molar-refractivity contribution in [3.8, 4) is 0 Å². The van der Waals surface area contributed by atoms with Gasteiger partial charge in [0, 0.05) is 0 Å². The van der Waals surface area contributed by atoms with Crippen LogP contribution in [-0.2, 0) is 6.42 Å². The fourth-order valence-electron chi connectivity index (χ4n) is 2.94. The summed E-state index contributed by atoms with van der Waals surface area (Å²) in [5.41, 5.74) is 2.03. The van der Waals surface area contributed by atoms with Gasteiger partial charge in [-0.1, -0.05) is 32.3 Å². The molecule has 0 radical (unpaired) electrons. The Labute approximate surface area is 139 Å². The third-order valence-electron chi connectivity index (χ3n) is 4.30. The van der Waals surface area contributed by atoms with E-state index < -0.39 is 5.97 Å². The van der Waals surface area contributed by atoms with Gasteiger partial charge >= 0.3 is 5.97 Å². The Bertz CT molecular complexity index is 953. The van der Waals surface area contributed by atoms with Crippen molar-refractivity contribution in [1.82, 2.24) is 0 Å². The Morgan fingerprint density at radius 3 is 2.58 bits per heavy atom. The summed E-state index contributed by atoms with van der Waals surface area (Å²) in [7, 11) is 0. The molecule has 0 aliphatic heterocycles. The molecule has 0 aliphatic carbocycles. The summed E-state index contributed by atoms with van der Waals surface area (Å²) >= 11 is 0. The van der Waals surface area contributed by atoms with Gasteiger partial charge in [0.2, 0.25) is 5.43 Å². The van der Waals surface area contributed by atoms with E-state index in [4.69, 9.17) is 9.52 Å². The fraction of sp³-hybridized carbons (Fsp3) is 0.300. The number of carboxylic acids is 1. The smallest absolute Gasteiger partial charge is 0.335 e. The lowest BCUT2D eigenvalue weighted by atomic mass is 10.0. The molecule has 1 aromatic heterocycles. The van der Waals surface area contributed by atoms with Gasteiger partial charge in [0.05, 0.1) is 16.3 Å². The van der Waals surface area contributed by atoms with Gasteiger partial charge in [-0.25, -0.2) is 4.79 Å². The lowest BCUT2D eigenvalue weighted by Gasteiger charge is -2.05. The number of aryl methyl sites for hydroxylation is 1. The van der Waals surface area contributed by atoms with Gasteiger partial charge in [0.15, 0.2) is 0 Å². The maximum absolute atomic E-state index is 12.6. The number of fused-ring (bicyclic) bond motifs is 2. The van der Waals surface area contributed by atoms with E-state index in [1.165, 1.54) is 31.4 Å². The molecule has 0 bridgehead atoms. The monoisotopic (exact) mass is 324 g/mol. The second-order valence-corrected chi connectivity index (χ2v) is 6.09. The quantitative estimate of drug-likeness (QED) is 0.524. The van der Waals surface area contributed by atoms with Crippen molar-refractivity contribution >= 4 is 27.9 Å². The molecule has 0 unspecified atom stereocenters. The molecule has 0 saturated heterocycles. The number of carbonyl (C=O) groups is 1. The summed E-state index contributed by atoms with van der Waals surface area (Å²) in [6.45, 7) is 2.19. The van der Waals surface area contributed by atoms with E-state index in [-0.39, 0.29) is 11.0 Å². The van der Waals surface area contributed by atoms with Crippen LogP contribution >= 0.6 is 0 Å². The summed E-state index contributed by atoms with van der Waals surface area (Å²) in [5.74, 6) is -1.06. The third-order valence-corrected chi connectivity index (χ3v) is 4.30. The van der Waals surface area contributed by atoms with E-state index in [1.54, 1.807) is 12.1 Å². The van der Waals surface area contributed by atoms with Gasteiger partial charge < -0.3 is 9.52 Å². The number of hydrogen-bond acceptors (Lipinski definition) is 3. The minimum absolute atomic E-state index is 0.0849. The average molecular weight is 324 g/mol. The van der Waals surface area contributed by atoms with E-state index in [9.17, 15) is 9.59 Å². The van der Waals surface area contributed by atoms with Crippen molar-refractivity contribution in [2.24, 2.45) is 0 Å². The first-order chi connectivity index (χ1) is 11.6. The first kappa shape index (κ1) is 16.2. The Hall–Kier alpha value is -2.62. The largest absolute Gasteiger partial charge is 0.478 e. The van der Waals surface area contributed by atoms with Crippen LogP contribution in [0.5, 0.6) is 0 Å². The van der Waals surface area contributed by atoms with Gasteiger partial charge in [-0.3, -0.25) is 4.79 Å². The molecule has 1 N–H and O–H groups in total. The van der Waals surface area contributed by atoms with Crippen LogP contribution in [0.25, 0.3) is 21.9 Å². The predicted octanol–water partition coefficient (Wildman–Crippen LogP) is 4.77. The number of aromatic carboxylic acids is 1. The molecule has 4 nitrogen and oxygen atoms in total. The number of rotatable bonds is 6. The van der Waals surface area contributed by atoms with Crippen LogP contribution in [0.4, 0.5) is 0 Å². The minimum Gasteiger partial charge on any atom is -0.478 e. The standard InChI is InChI=1S/C20H20O4/c1-2-3-4-5-6-13-7-9-15-18(11-13)24-17-10-8-14(20(22)23)12-16(17)19(15)21/h7-12H,2-6H2,1H3,(H,22,23). The van der Waals surface area contributed by atoms with E-state index in [0.29, 0.717) is 21.9 Å². The molecule has 0 spiro atoms. The number of benzene rings is 2. The zero-order chi connectivity index (χ0) is 17.1. The maximum Gasteiger partial charge on any atom is 0.335 e. The molecule has 0 fully saturated rings. The third kappa shape index (κ3) is 3.18. The normalized spacial score (nSPS) is 11.2. The van der Waals surface area contributed by atoms with Crippen LogP contribution in [0.3, 0.4) is 0 Å². The molecule has 2 aromatic carbocycles. The van der Waals surface area contributed by atoms with Gasteiger partial charge in [0.1, 0.15) is 11.2 Å². The van der Waals surface area contributed by atoms with Crippen molar-refractivity contribution in [2.75, 3.05) is 0 Å². The molecular weight excluding hydrogens is 304 g/mol. The number of unbranched alkanes of at least 4 members (excludes halogenated alkanes) is 3. The number of carboxylic acid groups (broad SMARTS) is 1. The topological polar surface area (TPSA) is 67.5 Å². The van der Waals surface area contributed by atoms with Crippen LogP contribution in [0.15, 0.2) is 45.6 Å². The highest BCUT2D eigenvalue weighted by atomic mass is 16.4. The summed E-state index contributed by atoms with van der Waals surface area (Å²) in [4.78, 5) is 23.7. The van der Waals surface area contributed by atoms with E-state index in [1.807, 2.05) is 12.1 Å². The summed E-state index contributed by atoms with van der Waals surface area (Å²) in [6, 6.07) is 10.0. The van der Waals surface area contributed by atoms with E-state index in [0.717, 1.165) is 18.4 Å². The van der Waals surface area contributed by atoms with Crippen molar-refractivity contribution in [3.05, 3.63) is 57.7 Å². The lowest BCUT2D eigenvalue weighted by molar-refractivity contribution is 0.0697. The molecule has 1 heterocycles. The molecule has 4 heteroatoms. The molecule has 0 saturated carbocycles. The van der Waals surface area contributed by atoms with Crippen molar-refractivity contribution in [3.63, 3.8) is 0 Å². The van der Waals surface area contributed by atoms with E-state index >= 15 is 0 Å². The predicted molar refractivity (Wildman–Crippen MR) is 94.8 cm³/mol. The highest BCUT2D eigenvalue weighted by Gasteiger charge is 2.11. The number of hydrogen-bond donors (Lipinski definition) is 1. The van der Waals surface area contributed by atoms with E-state index in [2.05, 4.69) is 6.92 Å². The molecule has 24 heavy (non-hydrogen) atoms. The van der Waals surface area contributed by atoms with Gasteiger partial charge in [-0.05, 0) is 48.7 Å². The SMILES string of the molecule is CCCCCCc1ccc2c(=O)c3cc(C(=O)O)ccc3oc2c1. The first-order valence-electron chi connectivity index (χ1n) is 8.33. The lowest BCUT2D eigenvalue weighted by Crippen LogP contribution is -2.05. The second-order valence-electron chi connectivity index (χ2n) is 6.09. The van der Waals surface area contributed by atoms with Crippen LogP contribution in [0, 0.1) is 0 Å². The summed E-state index contributed by atoms with van der Waals surface area (Å²) in [6.07, 6.45) is 5.74. The molecule has 0 aliphatic rings. The first-order valence-corrected chi connectivity index (χ1v) is 8.33. The average Bonchev–Trinajstić information content (AvgIpc) is 2.58. The molecule has 3 aromatic rings. The van der Waals surface area contributed by atoms with Crippen LogP contribution < -0.4 is 5.43 Å². The molecule has 0 atom stereocenters. The Morgan fingerprint density at radius 2 is 1.83 bits per heavy atom. The Kier molecular flexibility index (Phi) is 4.65. The fourth-order valence-corrected chi connectivity index (χ4v) is 2.94. The van der Waals surface area contributed by atoms with Crippen LogP contribution in [-0.4, -0.2) is 11.1 Å². The Balaban J connectivity index is 2.02. The highest BCUT2D eigenvalue weighted by molar-refractivity contribution is 5.96. The molecule has 124 valence electrons. The van der Waals surface area contributed by atoms with Crippen molar-refractivity contribution < 1.29 is 14.3 Å². The minimum atomic E-state index is -1.06. The zero-order valence-electron chi connectivity index (χ0n) is 13.7.